The van der Waals surface area contributed by atoms with E-state index in [1.165, 1.54) is 0 Å². The Bertz CT molecular complexity index is 604. The lowest BCUT2D eigenvalue weighted by Crippen LogP contribution is -2.41. The molecule has 2 rings (SSSR count). The molecule has 112 valence electrons. The number of ether oxygens (including phenoxy) is 1. The summed E-state index contributed by atoms with van der Waals surface area (Å²) in [6.45, 7) is 5.92. The molecule has 21 heavy (non-hydrogen) atoms. The number of benzene rings is 2. The van der Waals surface area contributed by atoms with Crippen molar-refractivity contribution in [2.45, 2.75) is 45.8 Å². The Balaban J connectivity index is 2.07. The molecule has 2 aromatic carbocycles. The van der Waals surface area contributed by atoms with Gasteiger partial charge in [0.25, 0.3) is 5.91 Å². The largest absolute Gasteiger partial charge is 0.480 e. The molecule has 0 aliphatic rings. The topological polar surface area (TPSA) is 38.3 Å². The lowest BCUT2D eigenvalue weighted by atomic mass is 10.1. The summed E-state index contributed by atoms with van der Waals surface area (Å²) >= 11 is 0. The monoisotopic (exact) mass is 285 g/mol. The van der Waals surface area contributed by atoms with Crippen LogP contribution in [0.1, 0.15) is 33.6 Å². The first kappa shape index (κ1) is 15.4. The number of carbonyl (C=O) groups is 1. The quantitative estimate of drug-likeness (QED) is 0.873. The van der Waals surface area contributed by atoms with Crippen molar-refractivity contribution >= 4 is 16.7 Å². The lowest BCUT2D eigenvalue weighted by molar-refractivity contribution is -0.127. The Hall–Kier alpha value is -2.03. The summed E-state index contributed by atoms with van der Waals surface area (Å²) in [4.78, 5) is 12.1. The predicted octanol–water partition coefficient (Wildman–Crippen LogP) is 3.91. The zero-order chi connectivity index (χ0) is 15.2. The van der Waals surface area contributed by atoms with Crippen LogP contribution in [-0.4, -0.2) is 18.1 Å². The summed E-state index contributed by atoms with van der Waals surface area (Å²) in [6, 6.07) is 14.1. The van der Waals surface area contributed by atoms with Gasteiger partial charge in [-0.05, 0) is 31.7 Å². The van der Waals surface area contributed by atoms with Crippen LogP contribution in [-0.2, 0) is 4.79 Å². The first-order valence-electron chi connectivity index (χ1n) is 7.56. The summed E-state index contributed by atoms with van der Waals surface area (Å²) in [7, 11) is 0. The normalized spacial score (nSPS) is 13.7. The summed E-state index contributed by atoms with van der Waals surface area (Å²) < 4.78 is 5.86. The highest BCUT2D eigenvalue weighted by Gasteiger charge is 2.17. The van der Waals surface area contributed by atoms with Gasteiger partial charge in [-0.25, -0.2) is 0 Å². The van der Waals surface area contributed by atoms with E-state index in [0.717, 1.165) is 29.4 Å². The van der Waals surface area contributed by atoms with Crippen molar-refractivity contribution in [2.75, 3.05) is 0 Å². The van der Waals surface area contributed by atoms with Crippen molar-refractivity contribution < 1.29 is 9.53 Å². The minimum atomic E-state index is -0.505. The summed E-state index contributed by atoms with van der Waals surface area (Å²) in [5, 5.41) is 5.13. The van der Waals surface area contributed by atoms with Crippen molar-refractivity contribution in [1.29, 1.82) is 0 Å². The Morgan fingerprint density at radius 3 is 2.62 bits per heavy atom. The molecule has 0 saturated carbocycles. The van der Waals surface area contributed by atoms with E-state index in [0.29, 0.717) is 0 Å². The molecule has 0 radical (unpaired) electrons. The average molecular weight is 285 g/mol. The second kappa shape index (κ2) is 7.11. The van der Waals surface area contributed by atoms with Gasteiger partial charge in [-0.15, -0.1) is 0 Å². The molecule has 0 aliphatic carbocycles. The van der Waals surface area contributed by atoms with Crippen LogP contribution in [0.5, 0.6) is 5.75 Å². The molecular formula is C18H23NO2. The van der Waals surface area contributed by atoms with E-state index in [1.54, 1.807) is 6.92 Å². The van der Waals surface area contributed by atoms with Crippen LogP contribution < -0.4 is 10.1 Å². The summed E-state index contributed by atoms with van der Waals surface area (Å²) in [6.07, 6.45) is 1.53. The van der Waals surface area contributed by atoms with E-state index in [-0.39, 0.29) is 11.9 Å². The van der Waals surface area contributed by atoms with E-state index in [2.05, 4.69) is 12.2 Å². The zero-order valence-electron chi connectivity index (χ0n) is 12.9. The van der Waals surface area contributed by atoms with Gasteiger partial charge < -0.3 is 10.1 Å². The molecule has 2 aromatic rings. The number of carbonyl (C=O) groups excluding carboxylic acids is 1. The maximum atomic E-state index is 12.1. The average Bonchev–Trinajstić information content (AvgIpc) is 2.47. The highest BCUT2D eigenvalue weighted by molar-refractivity contribution is 5.89. The van der Waals surface area contributed by atoms with E-state index in [4.69, 9.17) is 4.74 Å². The van der Waals surface area contributed by atoms with E-state index >= 15 is 0 Å². The summed E-state index contributed by atoms with van der Waals surface area (Å²) in [5.41, 5.74) is 0. The van der Waals surface area contributed by atoms with Crippen LogP contribution >= 0.6 is 0 Å². The van der Waals surface area contributed by atoms with Gasteiger partial charge >= 0.3 is 0 Å². The Kier molecular flexibility index (Phi) is 5.20. The van der Waals surface area contributed by atoms with Crippen LogP contribution in [0.3, 0.4) is 0 Å². The number of amides is 1. The molecule has 0 bridgehead atoms. The Labute approximate surface area is 126 Å². The van der Waals surface area contributed by atoms with Crippen molar-refractivity contribution in [3.8, 4) is 5.75 Å². The molecule has 3 nitrogen and oxygen atoms in total. The first-order valence-corrected chi connectivity index (χ1v) is 7.56. The fraction of sp³-hybridized carbons (Fsp3) is 0.389. The second-order valence-electron chi connectivity index (χ2n) is 5.44. The standard InChI is InChI=1S/C18H23NO2/c1-4-8-13(2)19-18(20)14(3)21-17-12-7-10-15-9-5-6-11-16(15)17/h5-7,9-14H,4,8H2,1-3H3,(H,19,20)/t13-,14+/m0/s1. The highest BCUT2D eigenvalue weighted by atomic mass is 16.5. The van der Waals surface area contributed by atoms with Crippen molar-refractivity contribution in [2.24, 2.45) is 0 Å². The van der Waals surface area contributed by atoms with Crippen molar-refractivity contribution in [3.05, 3.63) is 42.5 Å². The molecule has 1 amide bonds. The molecule has 0 unspecified atom stereocenters. The third-order valence-electron chi connectivity index (χ3n) is 3.53. The Morgan fingerprint density at radius 1 is 1.14 bits per heavy atom. The van der Waals surface area contributed by atoms with Gasteiger partial charge in [0.1, 0.15) is 5.75 Å². The number of rotatable bonds is 6. The number of fused-ring (bicyclic) bond motifs is 1. The van der Waals surface area contributed by atoms with Crippen LogP contribution in [0.25, 0.3) is 10.8 Å². The van der Waals surface area contributed by atoms with Crippen molar-refractivity contribution in [1.82, 2.24) is 5.32 Å². The van der Waals surface area contributed by atoms with Crippen molar-refractivity contribution in [3.63, 3.8) is 0 Å². The SMILES string of the molecule is CCC[C@H](C)NC(=O)[C@@H](C)Oc1cccc2ccccc12. The maximum Gasteiger partial charge on any atom is 0.260 e. The second-order valence-corrected chi connectivity index (χ2v) is 5.44. The van der Waals surface area contributed by atoms with E-state index in [9.17, 15) is 4.79 Å². The van der Waals surface area contributed by atoms with Crippen LogP contribution in [0, 0.1) is 0 Å². The van der Waals surface area contributed by atoms with E-state index < -0.39 is 6.10 Å². The molecule has 1 N–H and O–H groups in total. The molecule has 0 aliphatic heterocycles. The number of hydrogen-bond donors (Lipinski definition) is 1. The number of hydrogen-bond acceptors (Lipinski definition) is 2. The van der Waals surface area contributed by atoms with Gasteiger partial charge in [-0.2, -0.15) is 0 Å². The smallest absolute Gasteiger partial charge is 0.260 e. The maximum absolute atomic E-state index is 12.1. The van der Waals surface area contributed by atoms with Gasteiger partial charge in [-0.3, -0.25) is 4.79 Å². The Morgan fingerprint density at radius 2 is 1.86 bits per heavy atom. The summed E-state index contributed by atoms with van der Waals surface area (Å²) in [5.74, 6) is 0.683. The molecule has 0 fully saturated rings. The van der Waals surface area contributed by atoms with Gasteiger partial charge in [0.05, 0.1) is 0 Å². The molecule has 0 heterocycles. The van der Waals surface area contributed by atoms with E-state index in [1.807, 2.05) is 49.4 Å². The minimum absolute atomic E-state index is 0.0658. The molecule has 2 atom stereocenters. The fourth-order valence-corrected chi connectivity index (χ4v) is 2.41. The van der Waals surface area contributed by atoms with Gasteiger partial charge in [-0.1, -0.05) is 49.7 Å². The fourth-order valence-electron chi connectivity index (χ4n) is 2.41. The lowest BCUT2D eigenvalue weighted by Gasteiger charge is -2.19. The molecule has 0 aromatic heterocycles. The zero-order valence-corrected chi connectivity index (χ0v) is 12.9. The number of nitrogens with one attached hydrogen (secondary N) is 1. The molecule has 0 spiro atoms. The van der Waals surface area contributed by atoms with Crippen LogP contribution in [0.2, 0.25) is 0 Å². The van der Waals surface area contributed by atoms with Crippen LogP contribution in [0.15, 0.2) is 42.5 Å². The predicted molar refractivity (Wildman–Crippen MR) is 86.6 cm³/mol. The molecule has 3 heteroatoms. The molecule has 0 saturated heterocycles. The third kappa shape index (κ3) is 3.97. The van der Waals surface area contributed by atoms with Gasteiger partial charge in [0.2, 0.25) is 0 Å². The van der Waals surface area contributed by atoms with Gasteiger partial charge in [0.15, 0.2) is 6.10 Å². The highest BCUT2D eigenvalue weighted by Crippen LogP contribution is 2.26. The third-order valence-corrected chi connectivity index (χ3v) is 3.53. The molecular weight excluding hydrogens is 262 g/mol. The first-order chi connectivity index (χ1) is 10.1. The minimum Gasteiger partial charge on any atom is -0.480 e. The van der Waals surface area contributed by atoms with Crippen LogP contribution in [0.4, 0.5) is 0 Å². The van der Waals surface area contributed by atoms with Gasteiger partial charge in [0, 0.05) is 11.4 Å².